The van der Waals surface area contributed by atoms with Gasteiger partial charge in [-0.3, -0.25) is 4.79 Å². The topological polar surface area (TPSA) is 73.6 Å². The Labute approximate surface area is 129 Å². The summed E-state index contributed by atoms with van der Waals surface area (Å²) in [5.74, 6) is 1.85. The molecular formula is C15H22N2O3S. The first-order valence-corrected chi connectivity index (χ1v) is 8.24. The van der Waals surface area contributed by atoms with Gasteiger partial charge in [-0.05, 0) is 31.2 Å². The molecule has 6 heteroatoms. The second-order valence-corrected chi connectivity index (χ2v) is 5.97. The highest BCUT2D eigenvalue weighted by Gasteiger charge is 2.16. The molecule has 5 nitrogen and oxygen atoms in total. The van der Waals surface area contributed by atoms with Gasteiger partial charge in [0.15, 0.2) is 11.5 Å². The quantitative estimate of drug-likeness (QED) is 0.751. The number of hydrogen-bond acceptors (Lipinski definition) is 5. The van der Waals surface area contributed by atoms with E-state index in [0.717, 1.165) is 35.8 Å². The van der Waals surface area contributed by atoms with Crippen LogP contribution in [0.15, 0.2) is 23.1 Å². The number of primary amides is 1. The lowest BCUT2D eigenvalue weighted by atomic mass is 10.3. The number of hydrogen-bond donors (Lipinski definition) is 2. The molecule has 0 saturated carbocycles. The van der Waals surface area contributed by atoms with Crippen LogP contribution in [0.5, 0.6) is 11.5 Å². The maximum Gasteiger partial charge on any atom is 0.235 e. The van der Waals surface area contributed by atoms with E-state index in [9.17, 15) is 4.79 Å². The largest absolute Gasteiger partial charge is 0.490 e. The third-order valence-corrected chi connectivity index (χ3v) is 4.21. The van der Waals surface area contributed by atoms with Gasteiger partial charge in [0.1, 0.15) is 0 Å². The Morgan fingerprint density at radius 2 is 2.14 bits per heavy atom. The second-order valence-electron chi connectivity index (χ2n) is 4.88. The first kappa shape index (κ1) is 16.0. The highest BCUT2D eigenvalue weighted by atomic mass is 32.2. The van der Waals surface area contributed by atoms with Crippen LogP contribution < -0.4 is 20.5 Å². The summed E-state index contributed by atoms with van der Waals surface area (Å²) in [5, 5.41) is 3.16. The SMILES string of the molecule is CCCNC(CSc1ccc2c(c1)OCCCO2)C(N)=O. The Bertz CT molecular complexity index is 482. The molecule has 1 unspecified atom stereocenters. The number of rotatable bonds is 7. The fourth-order valence-corrected chi connectivity index (χ4v) is 2.97. The summed E-state index contributed by atoms with van der Waals surface area (Å²) in [4.78, 5) is 12.5. The maximum absolute atomic E-state index is 11.4. The summed E-state index contributed by atoms with van der Waals surface area (Å²) in [7, 11) is 0. The van der Waals surface area contributed by atoms with Crippen LogP contribution in [0.1, 0.15) is 19.8 Å². The molecule has 1 aromatic rings. The van der Waals surface area contributed by atoms with Crippen molar-refractivity contribution < 1.29 is 14.3 Å². The maximum atomic E-state index is 11.4. The smallest absolute Gasteiger partial charge is 0.235 e. The Morgan fingerprint density at radius 1 is 1.38 bits per heavy atom. The van der Waals surface area contributed by atoms with Crippen molar-refractivity contribution in [1.29, 1.82) is 0 Å². The normalized spacial score (nSPS) is 15.3. The first-order chi connectivity index (χ1) is 10.2. The summed E-state index contributed by atoms with van der Waals surface area (Å²) in [6, 6.07) is 5.55. The van der Waals surface area contributed by atoms with E-state index in [2.05, 4.69) is 12.2 Å². The standard InChI is InChI=1S/C15H22N2O3S/c1-2-6-17-12(15(16)18)10-21-11-4-5-13-14(9-11)20-8-3-7-19-13/h4-5,9,12,17H,2-3,6-8,10H2,1H3,(H2,16,18). The molecule has 116 valence electrons. The zero-order valence-electron chi connectivity index (χ0n) is 12.3. The van der Waals surface area contributed by atoms with E-state index < -0.39 is 0 Å². The molecule has 21 heavy (non-hydrogen) atoms. The molecule has 0 fully saturated rings. The highest BCUT2D eigenvalue weighted by molar-refractivity contribution is 7.99. The minimum Gasteiger partial charge on any atom is -0.490 e. The molecule has 1 amide bonds. The molecule has 0 spiro atoms. The van der Waals surface area contributed by atoms with Gasteiger partial charge in [-0.1, -0.05) is 6.92 Å². The van der Waals surface area contributed by atoms with Gasteiger partial charge in [0.25, 0.3) is 0 Å². The average Bonchev–Trinajstić information content (AvgIpc) is 2.71. The van der Waals surface area contributed by atoms with Crippen molar-refractivity contribution in [3.63, 3.8) is 0 Å². The van der Waals surface area contributed by atoms with Gasteiger partial charge in [-0.25, -0.2) is 0 Å². The van der Waals surface area contributed by atoms with Crippen molar-refractivity contribution in [1.82, 2.24) is 5.32 Å². The number of carbonyl (C=O) groups is 1. The van der Waals surface area contributed by atoms with Gasteiger partial charge in [-0.15, -0.1) is 11.8 Å². The molecule has 1 atom stereocenters. The molecule has 0 aliphatic carbocycles. The summed E-state index contributed by atoms with van der Waals surface area (Å²) in [5.41, 5.74) is 5.41. The monoisotopic (exact) mass is 310 g/mol. The molecule has 0 bridgehead atoms. The van der Waals surface area contributed by atoms with Crippen molar-refractivity contribution in [3.05, 3.63) is 18.2 Å². The molecule has 3 N–H and O–H groups in total. The Balaban J connectivity index is 1.96. The molecule has 0 saturated heterocycles. The van der Waals surface area contributed by atoms with Crippen molar-refractivity contribution in [3.8, 4) is 11.5 Å². The van der Waals surface area contributed by atoms with Crippen LogP contribution in [-0.2, 0) is 4.79 Å². The number of benzene rings is 1. The molecule has 1 aliphatic rings. The van der Waals surface area contributed by atoms with Gasteiger partial charge in [-0.2, -0.15) is 0 Å². The van der Waals surface area contributed by atoms with Crippen LogP contribution in [0.3, 0.4) is 0 Å². The molecular weight excluding hydrogens is 288 g/mol. The van der Waals surface area contributed by atoms with E-state index >= 15 is 0 Å². The number of carbonyl (C=O) groups excluding carboxylic acids is 1. The zero-order chi connectivity index (χ0) is 15.1. The average molecular weight is 310 g/mol. The Kier molecular flexibility index (Phi) is 6.20. The number of ether oxygens (including phenoxy) is 2. The van der Waals surface area contributed by atoms with E-state index in [-0.39, 0.29) is 11.9 Å². The summed E-state index contributed by atoms with van der Waals surface area (Å²) < 4.78 is 11.3. The van der Waals surface area contributed by atoms with E-state index in [1.165, 1.54) is 0 Å². The van der Waals surface area contributed by atoms with Gasteiger partial charge in [0.05, 0.1) is 19.3 Å². The molecule has 0 radical (unpaired) electrons. The van der Waals surface area contributed by atoms with Crippen LogP contribution in [-0.4, -0.2) is 37.5 Å². The first-order valence-electron chi connectivity index (χ1n) is 7.26. The molecule has 2 rings (SSSR count). The Morgan fingerprint density at radius 3 is 2.86 bits per heavy atom. The van der Waals surface area contributed by atoms with Crippen LogP contribution in [0.25, 0.3) is 0 Å². The number of thioether (sulfide) groups is 1. The van der Waals surface area contributed by atoms with Crippen molar-refractivity contribution in [2.45, 2.75) is 30.7 Å². The van der Waals surface area contributed by atoms with Crippen molar-refractivity contribution in [2.75, 3.05) is 25.5 Å². The van der Waals surface area contributed by atoms with E-state index in [4.69, 9.17) is 15.2 Å². The molecule has 0 aromatic heterocycles. The van der Waals surface area contributed by atoms with Crippen molar-refractivity contribution >= 4 is 17.7 Å². The number of nitrogens with one attached hydrogen (secondary N) is 1. The third kappa shape index (κ3) is 4.82. The zero-order valence-corrected chi connectivity index (χ0v) is 13.1. The minimum absolute atomic E-state index is 0.314. The van der Waals surface area contributed by atoms with Gasteiger partial charge < -0.3 is 20.5 Å². The van der Waals surface area contributed by atoms with E-state index in [1.54, 1.807) is 11.8 Å². The third-order valence-electron chi connectivity index (χ3n) is 3.12. The molecule has 1 heterocycles. The van der Waals surface area contributed by atoms with Gasteiger partial charge in [0, 0.05) is 17.1 Å². The summed E-state index contributed by atoms with van der Waals surface area (Å²) >= 11 is 1.59. The lowest BCUT2D eigenvalue weighted by Gasteiger charge is -2.15. The lowest BCUT2D eigenvalue weighted by molar-refractivity contribution is -0.119. The molecule has 1 aliphatic heterocycles. The number of nitrogens with two attached hydrogens (primary N) is 1. The second kappa shape index (κ2) is 8.14. The number of amides is 1. The lowest BCUT2D eigenvalue weighted by Crippen LogP contribution is -2.43. The fourth-order valence-electron chi connectivity index (χ4n) is 1.97. The van der Waals surface area contributed by atoms with E-state index in [1.807, 2.05) is 18.2 Å². The molecule has 1 aromatic carbocycles. The summed E-state index contributed by atoms with van der Waals surface area (Å²) in [6.07, 6.45) is 1.86. The minimum atomic E-state index is -0.315. The summed E-state index contributed by atoms with van der Waals surface area (Å²) in [6.45, 7) is 4.20. The fraction of sp³-hybridized carbons (Fsp3) is 0.533. The Hall–Kier alpha value is -1.40. The van der Waals surface area contributed by atoms with Crippen LogP contribution in [0.4, 0.5) is 0 Å². The van der Waals surface area contributed by atoms with Crippen LogP contribution in [0, 0.1) is 0 Å². The number of fused-ring (bicyclic) bond motifs is 1. The van der Waals surface area contributed by atoms with Gasteiger partial charge >= 0.3 is 0 Å². The van der Waals surface area contributed by atoms with Crippen LogP contribution in [0.2, 0.25) is 0 Å². The van der Waals surface area contributed by atoms with Crippen LogP contribution >= 0.6 is 11.8 Å². The predicted molar refractivity (Wildman–Crippen MR) is 84.0 cm³/mol. The predicted octanol–water partition coefficient (Wildman–Crippen LogP) is 1.79. The van der Waals surface area contributed by atoms with E-state index in [0.29, 0.717) is 19.0 Å². The van der Waals surface area contributed by atoms with Crippen molar-refractivity contribution in [2.24, 2.45) is 5.73 Å². The highest BCUT2D eigenvalue weighted by Crippen LogP contribution is 2.34. The van der Waals surface area contributed by atoms with Gasteiger partial charge in [0.2, 0.25) is 5.91 Å².